The molecule has 1 aromatic rings. The minimum absolute atomic E-state index is 0.00285. The average Bonchev–Trinajstić information content (AvgIpc) is 3.08. The molecule has 20 heavy (non-hydrogen) atoms. The standard InChI is InChI=1S/C16H18O4/c1-2-4-12-10-19-15(18-9-11(12)3-1)7-13-16(5-6-17-13)14(8-15)20-16/h1-4,13-14H,5-10H2/t13-,14-,16+/m0/s1. The van der Waals surface area contributed by atoms with E-state index in [0.29, 0.717) is 13.2 Å². The van der Waals surface area contributed by atoms with E-state index >= 15 is 0 Å². The van der Waals surface area contributed by atoms with Gasteiger partial charge in [0.2, 0.25) is 0 Å². The molecule has 1 aromatic carbocycles. The van der Waals surface area contributed by atoms with Gasteiger partial charge in [-0.15, -0.1) is 0 Å². The van der Waals surface area contributed by atoms with Crippen LogP contribution in [0.3, 0.4) is 0 Å². The number of hydrogen-bond acceptors (Lipinski definition) is 4. The van der Waals surface area contributed by atoms with Gasteiger partial charge in [-0.25, -0.2) is 0 Å². The molecule has 0 bridgehead atoms. The van der Waals surface area contributed by atoms with Crippen molar-refractivity contribution in [3.63, 3.8) is 0 Å². The molecule has 2 saturated heterocycles. The van der Waals surface area contributed by atoms with Crippen molar-refractivity contribution in [3.05, 3.63) is 35.4 Å². The van der Waals surface area contributed by atoms with Crippen molar-refractivity contribution in [2.75, 3.05) is 6.61 Å². The van der Waals surface area contributed by atoms with Crippen molar-refractivity contribution < 1.29 is 18.9 Å². The van der Waals surface area contributed by atoms with Crippen LogP contribution in [0.4, 0.5) is 0 Å². The first-order valence-electron chi connectivity index (χ1n) is 7.44. The molecule has 0 unspecified atom stereocenters. The van der Waals surface area contributed by atoms with Crippen molar-refractivity contribution in [1.29, 1.82) is 0 Å². The van der Waals surface area contributed by atoms with Crippen LogP contribution in [0, 0.1) is 0 Å². The Labute approximate surface area is 118 Å². The van der Waals surface area contributed by atoms with E-state index in [0.717, 1.165) is 25.9 Å². The summed E-state index contributed by atoms with van der Waals surface area (Å²) in [6.07, 6.45) is 3.05. The van der Waals surface area contributed by atoms with Gasteiger partial charge in [0.05, 0.1) is 32.0 Å². The number of epoxide rings is 1. The van der Waals surface area contributed by atoms with Gasteiger partial charge in [0, 0.05) is 19.3 Å². The van der Waals surface area contributed by atoms with Crippen LogP contribution in [0.5, 0.6) is 0 Å². The minimum Gasteiger partial charge on any atom is -0.375 e. The zero-order chi connectivity index (χ0) is 13.2. The van der Waals surface area contributed by atoms with Crippen LogP contribution >= 0.6 is 0 Å². The molecule has 1 aliphatic carbocycles. The summed E-state index contributed by atoms with van der Waals surface area (Å²) < 4.78 is 24.2. The molecule has 3 aliphatic heterocycles. The maximum atomic E-state index is 6.18. The molecule has 2 spiro atoms. The molecule has 0 amide bonds. The van der Waals surface area contributed by atoms with Crippen molar-refractivity contribution >= 4 is 0 Å². The Kier molecular flexibility index (Phi) is 2.24. The molecule has 0 aromatic heterocycles. The highest BCUT2D eigenvalue weighted by Crippen LogP contribution is 2.58. The van der Waals surface area contributed by atoms with Gasteiger partial charge in [-0.2, -0.15) is 0 Å². The monoisotopic (exact) mass is 274 g/mol. The van der Waals surface area contributed by atoms with Crippen LogP contribution in [0.1, 0.15) is 30.4 Å². The molecule has 4 nitrogen and oxygen atoms in total. The molecular formula is C16H18O4. The predicted octanol–water partition coefficient (Wildman–Crippen LogP) is 2.15. The summed E-state index contributed by atoms with van der Waals surface area (Å²) >= 11 is 0. The van der Waals surface area contributed by atoms with Gasteiger partial charge in [0.15, 0.2) is 5.79 Å². The van der Waals surface area contributed by atoms with Crippen molar-refractivity contribution in [2.24, 2.45) is 0 Å². The molecule has 4 aliphatic rings. The molecule has 1 saturated carbocycles. The molecule has 0 radical (unpaired) electrons. The Balaban J connectivity index is 1.43. The van der Waals surface area contributed by atoms with Gasteiger partial charge in [0.25, 0.3) is 0 Å². The number of hydrogen-bond donors (Lipinski definition) is 0. The number of benzene rings is 1. The quantitative estimate of drug-likeness (QED) is 0.680. The Hall–Kier alpha value is -0.940. The highest BCUT2D eigenvalue weighted by molar-refractivity contribution is 5.27. The second kappa shape index (κ2) is 3.83. The van der Waals surface area contributed by atoms with Gasteiger partial charge in [-0.1, -0.05) is 24.3 Å². The Morgan fingerprint density at radius 2 is 1.65 bits per heavy atom. The van der Waals surface area contributed by atoms with Crippen molar-refractivity contribution in [2.45, 2.75) is 56.1 Å². The molecule has 106 valence electrons. The van der Waals surface area contributed by atoms with E-state index in [2.05, 4.69) is 24.3 Å². The minimum atomic E-state index is -0.529. The van der Waals surface area contributed by atoms with E-state index in [4.69, 9.17) is 18.9 Å². The Bertz CT molecular complexity index is 530. The maximum absolute atomic E-state index is 6.18. The lowest BCUT2D eigenvalue weighted by atomic mass is 9.82. The van der Waals surface area contributed by atoms with Gasteiger partial charge >= 0.3 is 0 Å². The highest BCUT2D eigenvalue weighted by Gasteiger charge is 2.71. The van der Waals surface area contributed by atoms with E-state index < -0.39 is 5.79 Å². The largest absolute Gasteiger partial charge is 0.375 e. The smallest absolute Gasteiger partial charge is 0.174 e. The van der Waals surface area contributed by atoms with Gasteiger partial charge in [-0.05, 0) is 11.1 Å². The Morgan fingerprint density at radius 1 is 0.950 bits per heavy atom. The van der Waals surface area contributed by atoms with Crippen LogP contribution in [0.15, 0.2) is 24.3 Å². The van der Waals surface area contributed by atoms with Crippen LogP contribution in [-0.2, 0) is 32.2 Å². The zero-order valence-corrected chi connectivity index (χ0v) is 11.3. The van der Waals surface area contributed by atoms with Crippen molar-refractivity contribution in [1.82, 2.24) is 0 Å². The molecule has 4 heteroatoms. The summed E-state index contributed by atoms with van der Waals surface area (Å²) in [5.74, 6) is -0.529. The predicted molar refractivity (Wildman–Crippen MR) is 69.9 cm³/mol. The third-order valence-corrected chi connectivity index (χ3v) is 5.30. The summed E-state index contributed by atoms with van der Waals surface area (Å²) in [6.45, 7) is 2.03. The summed E-state index contributed by atoms with van der Waals surface area (Å²) in [6, 6.07) is 8.33. The lowest BCUT2D eigenvalue weighted by Crippen LogP contribution is -2.48. The van der Waals surface area contributed by atoms with E-state index in [9.17, 15) is 0 Å². The normalized spacial score (nSPS) is 40.6. The van der Waals surface area contributed by atoms with Crippen LogP contribution in [0.25, 0.3) is 0 Å². The number of fused-ring (bicyclic) bond motifs is 1. The molecular weight excluding hydrogens is 256 g/mol. The fourth-order valence-electron chi connectivity index (χ4n) is 4.03. The molecule has 3 heterocycles. The van der Waals surface area contributed by atoms with Gasteiger partial charge < -0.3 is 18.9 Å². The zero-order valence-electron chi connectivity index (χ0n) is 11.3. The topological polar surface area (TPSA) is 40.2 Å². The highest BCUT2D eigenvalue weighted by atomic mass is 16.7. The fourth-order valence-corrected chi connectivity index (χ4v) is 4.03. The number of rotatable bonds is 0. The van der Waals surface area contributed by atoms with Crippen LogP contribution < -0.4 is 0 Å². The Morgan fingerprint density at radius 3 is 2.40 bits per heavy atom. The van der Waals surface area contributed by atoms with Gasteiger partial charge in [0.1, 0.15) is 5.60 Å². The first-order valence-corrected chi connectivity index (χ1v) is 7.44. The second-order valence-corrected chi connectivity index (χ2v) is 6.34. The van der Waals surface area contributed by atoms with E-state index in [1.807, 2.05) is 0 Å². The molecule has 0 N–H and O–H groups in total. The molecule has 5 rings (SSSR count). The van der Waals surface area contributed by atoms with E-state index in [1.165, 1.54) is 11.1 Å². The summed E-state index contributed by atoms with van der Waals surface area (Å²) in [4.78, 5) is 0. The number of ether oxygens (including phenoxy) is 4. The van der Waals surface area contributed by atoms with Crippen LogP contribution in [-0.4, -0.2) is 30.2 Å². The molecule has 3 atom stereocenters. The van der Waals surface area contributed by atoms with Gasteiger partial charge in [-0.3, -0.25) is 0 Å². The third kappa shape index (κ3) is 1.51. The lowest BCUT2D eigenvalue weighted by molar-refractivity contribution is -0.268. The first-order chi connectivity index (χ1) is 9.80. The van der Waals surface area contributed by atoms with Crippen molar-refractivity contribution in [3.8, 4) is 0 Å². The lowest BCUT2D eigenvalue weighted by Gasteiger charge is -2.37. The first kappa shape index (κ1) is 11.7. The van der Waals surface area contributed by atoms with E-state index in [-0.39, 0.29) is 17.8 Å². The average molecular weight is 274 g/mol. The summed E-state index contributed by atoms with van der Waals surface area (Å²) in [5, 5.41) is 0. The molecule has 3 fully saturated rings. The summed E-state index contributed by atoms with van der Waals surface area (Å²) in [7, 11) is 0. The maximum Gasteiger partial charge on any atom is 0.174 e. The SMILES string of the molecule is c1ccc2c(c1)COC1(C[C@@H]3OCC[C@@]34O[C@H]4C1)OC2. The fraction of sp³-hybridized carbons (Fsp3) is 0.625. The second-order valence-electron chi connectivity index (χ2n) is 6.34. The summed E-state index contributed by atoms with van der Waals surface area (Å²) in [5.41, 5.74) is 2.45. The van der Waals surface area contributed by atoms with E-state index in [1.54, 1.807) is 0 Å². The van der Waals surface area contributed by atoms with Crippen LogP contribution in [0.2, 0.25) is 0 Å². The third-order valence-electron chi connectivity index (χ3n) is 5.30.